The lowest BCUT2D eigenvalue weighted by Crippen LogP contribution is -1.95. The summed E-state index contributed by atoms with van der Waals surface area (Å²) in [4.78, 5) is 3.79. The van der Waals surface area contributed by atoms with Crippen molar-refractivity contribution in [3.63, 3.8) is 0 Å². The summed E-state index contributed by atoms with van der Waals surface area (Å²) in [5, 5.41) is 8.84. The molecule has 0 unspecified atom stereocenters. The van der Waals surface area contributed by atoms with E-state index in [1.54, 1.807) is 6.92 Å². The molecule has 0 aliphatic rings. The highest BCUT2D eigenvalue weighted by Gasteiger charge is 1.99. The van der Waals surface area contributed by atoms with E-state index in [-0.39, 0.29) is 5.69 Å². The SMILES string of the molecule is Cc1cnc(C#C[C@@H](C)O)c(F)c1. The molecule has 1 N–H and O–H groups in total. The van der Waals surface area contributed by atoms with Gasteiger partial charge < -0.3 is 5.11 Å². The predicted octanol–water partition coefficient (Wildman–Crippen LogP) is 1.26. The molecule has 0 amide bonds. The minimum Gasteiger partial charge on any atom is -0.381 e. The van der Waals surface area contributed by atoms with Gasteiger partial charge in [0, 0.05) is 6.20 Å². The quantitative estimate of drug-likeness (QED) is 0.608. The van der Waals surface area contributed by atoms with Crippen molar-refractivity contribution < 1.29 is 9.50 Å². The molecule has 0 aliphatic heterocycles. The van der Waals surface area contributed by atoms with Crippen LogP contribution in [0.2, 0.25) is 0 Å². The number of nitrogens with zero attached hydrogens (tertiary/aromatic N) is 1. The molecule has 0 aliphatic carbocycles. The van der Waals surface area contributed by atoms with Crippen LogP contribution in [0.4, 0.5) is 4.39 Å². The Balaban J connectivity index is 2.98. The van der Waals surface area contributed by atoms with E-state index in [2.05, 4.69) is 16.8 Å². The largest absolute Gasteiger partial charge is 0.381 e. The summed E-state index contributed by atoms with van der Waals surface area (Å²) in [6.07, 6.45) is 0.775. The van der Waals surface area contributed by atoms with Gasteiger partial charge in [0.2, 0.25) is 0 Å². The molecule has 1 heterocycles. The Kier molecular flexibility index (Phi) is 2.99. The summed E-state index contributed by atoms with van der Waals surface area (Å²) in [5.74, 6) is 4.43. The first-order chi connectivity index (χ1) is 6.09. The molecule has 3 heteroatoms. The maximum atomic E-state index is 13.1. The van der Waals surface area contributed by atoms with Crippen molar-refractivity contribution in [3.8, 4) is 11.8 Å². The number of aliphatic hydroxyl groups is 1. The molecule has 0 saturated carbocycles. The van der Waals surface area contributed by atoms with Crippen LogP contribution in [0.15, 0.2) is 12.3 Å². The van der Waals surface area contributed by atoms with Gasteiger partial charge in [-0.1, -0.05) is 5.92 Å². The number of hydrogen-bond acceptors (Lipinski definition) is 2. The normalized spacial score (nSPS) is 11.7. The molecule has 68 valence electrons. The highest BCUT2D eigenvalue weighted by molar-refractivity contribution is 5.31. The van der Waals surface area contributed by atoms with E-state index in [9.17, 15) is 4.39 Å². The van der Waals surface area contributed by atoms with E-state index in [0.717, 1.165) is 5.56 Å². The number of halogens is 1. The second kappa shape index (κ2) is 4.01. The van der Waals surface area contributed by atoms with Gasteiger partial charge in [-0.15, -0.1) is 0 Å². The molecule has 0 saturated heterocycles. The maximum absolute atomic E-state index is 13.1. The van der Waals surface area contributed by atoms with E-state index in [0.29, 0.717) is 0 Å². The molecule has 1 aromatic heterocycles. The fourth-order valence-electron chi connectivity index (χ4n) is 0.798. The Bertz CT molecular complexity index is 363. The number of aromatic nitrogens is 1. The minimum atomic E-state index is -0.762. The summed E-state index contributed by atoms with van der Waals surface area (Å²) in [5.41, 5.74) is 0.826. The molecule has 1 aromatic rings. The highest BCUT2D eigenvalue weighted by Crippen LogP contribution is 2.04. The second-order valence-electron chi connectivity index (χ2n) is 2.79. The van der Waals surface area contributed by atoms with Crippen LogP contribution in [0.5, 0.6) is 0 Å². The minimum absolute atomic E-state index is 0.0755. The Morgan fingerprint density at radius 2 is 2.31 bits per heavy atom. The predicted molar refractivity (Wildman–Crippen MR) is 47.5 cm³/mol. The van der Waals surface area contributed by atoms with Gasteiger partial charge in [-0.3, -0.25) is 0 Å². The Morgan fingerprint density at radius 1 is 1.62 bits per heavy atom. The number of rotatable bonds is 0. The van der Waals surface area contributed by atoms with Crippen LogP contribution >= 0.6 is 0 Å². The lowest BCUT2D eigenvalue weighted by Gasteiger charge is -1.95. The summed E-state index contributed by atoms with van der Waals surface area (Å²) in [6, 6.07) is 1.36. The number of aliphatic hydroxyl groups excluding tert-OH is 1. The molecular formula is C10H10FNO. The van der Waals surface area contributed by atoms with E-state index < -0.39 is 11.9 Å². The van der Waals surface area contributed by atoms with Crippen molar-refractivity contribution in [2.75, 3.05) is 0 Å². The first kappa shape index (κ1) is 9.69. The van der Waals surface area contributed by atoms with Crippen molar-refractivity contribution >= 4 is 0 Å². The average Bonchev–Trinajstić information content (AvgIpc) is 2.02. The molecule has 0 spiro atoms. The Morgan fingerprint density at radius 3 is 2.85 bits per heavy atom. The number of hydrogen-bond donors (Lipinski definition) is 1. The van der Waals surface area contributed by atoms with Gasteiger partial charge in [0.25, 0.3) is 0 Å². The lowest BCUT2D eigenvalue weighted by molar-refractivity contribution is 0.253. The van der Waals surface area contributed by atoms with Gasteiger partial charge in [-0.25, -0.2) is 9.37 Å². The highest BCUT2D eigenvalue weighted by atomic mass is 19.1. The molecule has 0 fully saturated rings. The fraction of sp³-hybridized carbons (Fsp3) is 0.300. The molecule has 0 radical (unpaired) electrons. The topological polar surface area (TPSA) is 33.1 Å². The van der Waals surface area contributed by atoms with Crippen LogP contribution in [-0.4, -0.2) is 16.2 Å². The molecular weight excluding hydrogens is 169 g/mol. The Labute approximate surface area is 76.4 Å². The van der Waals surface area contributed by atoms with Crippen LogP contribution in [-0.2, 0) is 0 Å². The van der Waals surface area contributed by atoms with Crippen molar-refractivity contribution in [1.29, 1.82) is 0 Å². The molecule has 0 aromatic carbocycles. The maximum Gasteiger partial charge on any atom is 0.157 e. The van der Waals surface area contributed by atoms with E-state index in [1.165, 1.54) is 19.2 Å². The first-order valence-corrected chi connectivity index (χ1v) is 3.91. The molecule has 1 atom stereocenters. The van der Waals surface area contributed by atoms with Gasteiger partial charge in [0.15, 0.2) is 5.82 Å². The van der Waals surface area contributed by atoms with E-state index >= 15 is 0 Å². The zero-order chi connectivity index (χ0) is 9.84. The van der Waals surface area contributed by atoms with Gasteiger partial charge in [0.05, 0.1) is 0 Å². The summed E-state index contributed by atoms with van der Waals surface area (Å²) < 4.78 is 13.1. The summed E-state index contributed by atoms with van der Waals surface area (Å²) in [7, 11) is 0. The monoisotopic (exact) mass is 179 g/mol. The van der Waals surface area contributed by atoms with E-state index in [4.69, 9.17) is 5.11 Å². The summed E-state index contributed by atoms with van der Waals surface area (Å²) >= 11 is 0. The molecule has 2 nitrogen and oxygen atoms in total. The third kappa shape index (κ3) is 2.85. The zero-order valence-corrected chi connectivity index (χ0v) is 7.50. The third-order valence-electron chi connectivity index (χ3n) is 1.38. The van der Waals surface area contributed by atoms with Crippen LogP contribution in [0, 0.1) is 24.6 Å². The van der Waals surface area contributed by atoms with E-state index in [1.807, 2.05) is 0 Å². The number of aryl methyl sites for hydroxylation is 1. The zero-order valence-electron chi connectivity index (χ0n) is 7.50. The molecule has 13 heavy (non-hydrogen) atoms. The smallest absolute Gasteiger partial charge is 0.157 e. The van der Waals surface area contributed by atoms with Gasteiger partial charge in [-0.2, -0.15) is 0 Å². The van der Waals surface area contributed by atoms with Gasteiger partial charge in [-0.05, 0) is 31.4 Å². The standard InChI is InChI=1S/C10H10FNO/c1-7-5-9(11)10(12-6-7)4-3-8(2)13/h5-6,8,13H,1-2H3/t8-/m1/s1. The average molecular weight is 179 g/mol. The van der Waals surface area contributed by atoms with Crippen molar-refractivity contribution in [3.05, 3.63) is 29.3 Å². The molecule has 1 rings (SSSR count). The van der Waals surface area contributed by atoms with Crippen molar-refractivity contribution in [2.24, 2.45) is 0 Å². The summed E-state index contributed by atoms with van der Waals surface area (Å²) in [6.45, 7) is 3.26. The van der Waals surface area contributed by atoms with Crippen LogP contribution < -0.4 is 0 Å². The third-order valence-corrected chi connectivity index (χ3v) is 1.38. The van der Waals surface area contributed by atoms with Crippen LogP contribution in [0.1, 0.15) is 18.2 Å². The lowest BCUT2D eigenvalue weighted by atomic mass is 10.2. The van der Waals surface area contributed by atoms with Crippen molar-refractivity contribution in [2.45, 2.75) is 20.0 Å². The Hall–Kier alpha value is -1.40. The molecule has 0 bridgehead atoms. The first-order valence-electron chi connectivity index (χ1n) is 3.91. The second-order valence-corrected chi connectivity index (χ2v) is 2.79. The van der Waals surface area contributed by atoms with Crippen LogP contribution in [0.25, 0.3) is 0 Å². The van der Waals surface area contributed by atoms with Crippen molar-refractivity contribution in [1.82, 2.24) is 4.98 Å². The van der Waals surface area contributed by atoms with Crippen LogP contribution in [0.3, 0.4) is 0 Å². The van der Waals surface area contributed by atoms with Gasteiger partial charge >= 0.3 is 0 Å². The fourth-order valence-corrected chi connectivity index (χ4v) is 0.798. The van der Waals surface area contributed by atoms with Gasteiger partial charge in [0.1, 0.15) is 11.8 Å². The number of pyridine rings is 1.